The number of carboxylic acid groups (broad SMARTS) is 1. The number of alkyl halides is 3. The van der Waals surface area contributed by atoms with E-state index in [9.17, 15) is 27.6 Å². The molecule has 0 saturated carbocycles. The molecular weight excluding hydrogens is 427 g/mol. The van der Waals surface area contributed by atoms with E-state index in [2.05, 4.69) is 15.6 Å². The third-order valence-electron chi connectivity index (χ3n) is 4.84. The third kappa shape index (κ3) is 5.93. The van der Waals surface area contributed by atoms with Crippen LogP contribution in [0.1, 0.15) is 30.4 Å². The van der Waals surface area contributed by atoms with Crippen LogP contribution >= 0.6 is 0 Å². The van der Waals surface area contributed by atoms with Crippen molar-refractivity contribution < 1.29 is 32.7 Å². The van der Waals surface area contributed by atoms with Crippen molar-refractivity contribution in [3.8, 4) is 0 Å². The summed E-state index contributed by atoms with van der Waals surface area (Å²) in [4.78, 5) is 40.8. The Labute approximate surface area is 181 Å². The molecule has 0 aliphatic carbocycles. The van der Waals surface area contributed by atoms with E-state index in [0.717, 1.165) is 0 Å². The van der Waals surface area contributed by atoms with Crippen LogP contribution in [0.25, 0.3) is 0 Å². The van der Waals surface area contributed by atoms with E-state index in [0.29, 0.717) is 22.5 Å². The fourth-order valence-corrected chi connectivity index (χ4v) is 3.31. The van der Waals surface area contributed by atoms with Crippen molar-refractivity contribution in [2.45, 2.75) is 31.6 Å². The first-order valence-electron chi connectivity index (χ1n) is 9.76. The van der Waals surface area contributed by atoms with Gasteiger partial charge in [-0.2, -0.15) is 13.2 Å². The Kier molecular flexibility index (Phi) is 6.92. The summed E-state index contributed by atoms with van der Waals surface area (Å²) in [5, 5.41) is 14.0. The fourth-order valence-electron chi connectivity index (χ4n) is 3.31. The fraction of sp³-hybridized carbons (Fsp3) is 0.273. The second kappa shape index (κ2) is 9.63. The zero-order valence-electron chi connectivity index (χ0n) is 16.7. The lowest BCUT2D eigenvalue weighted by Crippen LogP contribution is -2.45. The van der Waals surface area contributed by atoms with E-state index in [4.69, 9.17) is 5.11 Å². The Morgan fingerprint density at radius 1 is 1.09 bits per heavy atom. The minimum absolute atomic E-state index is 0.398. The summed E-state index contributed by atoms with van der Waals surface area (Å²) in [5.41, 5.74) is 2.11. The number of carbonyl (C=O) groups excluding carboxylic acids is 2. The van der Waals surface area contributed by atoms with Gasteiger partial charge >= 0.3 is 12.1 Å². The van der Waals surface area contributed by atoms with Crippen molar-refractivity contribution in [2.75, 3.05) is 5.32 Å². The number of carbonyl (C=O) groups is 3. The normalized spacial score (nSPS) is 16.8. The second-order valence-corrected chi connectivity index (χ2v) is 7.24. The van der Waals surface area contributed by atoms with Crippen LogP contribution in [0.3, 0.4) is 0 Å². The first kappa shape index (κ1) is 23.0. The van der Waals surface area contributed by atoms with Gasteiger partial charge in [0.25, 0.3) is 5.91 Å². The number of para-hydroxylation sites is 1. The number of nitrogens with zero attached hydrogens (tertiary/aromatic N) is 1. The number of benzene rings is 2. The molecular formula is C22H20F3N3O4. The largest absolute Gasteiger partial charge is 0.481 e. The van der Waals surface area contributed by atoms with Crippen molar-refractivity contribution in [3.05, 3.63) is 65.7 Å². The van der Waals surface area contributed by atoms with Gasteiger partial charge in [0.2, 0.25) is 12.1 Å². The highest BCUT2D eigenvalue weighted by Crippen LogP contribution is 2.27. The quantitative estimate of drug-likeness (QED) is 0.605. The van der Waals surface area contributed by atoms with E-state index in [1.165, 1.54) is 0 Å². The first-order chi connectivity index (χ1) is 15.1. The SMILES string of the molecule is O=C(O)CC(CCC(F)(F)F)C(=O)NC1N=C(c2ccccc2)c2ccccc2NC1=O. The molecule has 2 aromatic rings. The molecule has 1 heterocycles. The highest BCUT2D eigenvalue weighted by Gasteiger charge is 2.34. The number of aliphatic carboxylic acids is 1. The van der Waals surface area contributed by atoms with Crippen LogP contribution in [0, 0.1) is 5.92 Å². The standard InChI is InChI=1S/C22H20F3N3O4/c23-22(24,25)11-10-14(12-17(29)30)20(31)28-19-21(32)26-16-9-5-4-8-15(16)18(27-19)13-6-2-1-3-7-13/h1-9,14,19H,10-12H2,(H,26,32)(H,28,31)(H,29,30). The summed E-state index contributed by atoms with van der Waals surface area (Å²) < 4.78 is 37.8. The van der Waals surface area contributed by atoms with Crippen molar-refractivity contribution in [3.63, 3.8) is 0 Å². The minimum atomic E-state index is -4.54. The summed E-state index contributed by atoms with van der Waals surface area (Å²) in [6.45, 7) is 0. The molecule has 10 heteroatoms. The maximum absolute atomic E-state index is 12.7. The summed E-state index contributed by atoms with van der Waals surface area (Å²) in [6.07, 6.45) is -8.83. The number of hydrogen-bond acceptors (Lipinski definition) is 4. The molecule has 1 aliphatic heterocycles. The van der Waals surface area contributed by atoms with Crippen molar-refractivity contribution in [2.24, 2.45) is 10.9 Å². The van der Waals surface area contributed by atoms with Gasteiger partial charge in [-0.1, -0.05) is 48.5 Å². The number of hydrogen-bond donors (Lipinski definition) is 3. The van der Waals surface area contributed by atoms with Gasteiger partial charge in [0, 0.05) is 23.5 Å². The van der Waals surface area contributed by atoms with Gasteiger partial charge in [0.1, 0.15) is 0 Å². The smallest absolute Gasteiger partial charge is 0.389 e. The van der Waals surface area contributed by atoms with Crippen molar-refractivity contribution in [1.29, 1.82) is 0 Å². The predicted molar refractivity (Wildman–Crippen MR) is 110 cm³/mol. The van der Waals surface area contributed by atoms with Crippen LogP contribution in [0.2, 0.25) is 0 Å². The molecule has 2 unspecified atom stereocenters. The average molecular weight is 447 g/mol. The number of amides is 2. The molecule has 2 amide bonds. The first-order valence-corrected chi connectivity index (χ1v) is 9.76. The number of nitrogens with one attached hydrogen (secondary N) is 2. The number of benzodiazepines with no additional fused rings is 1. The minimum Gasteiger partial charge on any atom is -0.481 e. The maximum atomic E-state index is 12.7. The van der Waals surface area contributed by atoms with Crippen molar-refractivity contribution >= 4 is 29.2 Å². The summed E-state index contributed by atoms with van der Waals surface area (Å²) in [6, 6.07) is 15.7. The van der Waals surface area contributed by atoms with Gasteiger partial charge in [-0.3, -0.25) is 14.4 Å². The van der Waals surface area contributed by atoms with E-state index < -0.39 is 55.3 Å². The Morgan fingerprint density at radius 3 is 2.41 bits per heavy atom. The van der Waals surface area contributed by atoms with Crippen LogP contribution < -0.4 is 10.6 Å². The van der Waals surface area contributed by atoms with Gasteiger partial charge in [0.05, 0.1) is 17.8 Å². The highest BCUT2D eigenvalue weighted by atomic mass is 19.4. The molecule has 0 radical (unpaired) electrons. The predicted octanol–water partition coefficient (Wildman–Crippen LogP) is 3.35. The third-order valence-corrected chi connectivity index (χ3v) is 4.84. The van der Waals surface area contributed by atoms with Crippen LogP contribution in [-0.2, 0) is 14.4 Å². The van der Waals surface area contributed by atoms with Gasteiger partial charge in [-0.25, -0.2) is 4.99 Å². The number of rotatable bonds is 7. The molecule has 0 spiro atoms. The van der Waals surface area contributed by atoms with E-state index >= 15 is 0 Å². The van der Waals surface area contributed by atoms with Crippen molar-refractivity contribution in [1.82, 2.24) is 5.32 Å². The number of carboxylic acids is 1. The highest BCUT2D eigenvalue weighted by molar-refractivity contribution is 6.19. The molecule has 0 bridgehead atoms. The van der Waals surface area contributed by atoms with E-state index in [1.54, 1.807) is 54.6 Å². The zero-order valence-corrected chi connectivity index (χ0v) is 16.7. The number of halogens is 3. The summed E-state index contributed by atoms with van der Waals surface area (Å²) >= 11 is 0. The van der Waals surface area contributed by atoms with Gasteiger partial charge in [-0.15, -0.1) is 0 Å². The Hall–Kier alpha value is -3.69. The van der Waals surface area contributed by atoms with Gasteiger partial charge in [-0.05, 0) is 12.5 Å². The average Bonchev–Trinajstić information content (AvgIpc) is 2.87. The molecule has 3 rings (SSSR count). The molecule has 2 aromatic carbocycles. The molecule has 3 N–H and O–H groups in total. The second-order valence-electron chi connectivity index (χ2n) is 7.24. The van der Waals surface area contributed by atoms with Crippen LogP contribution in [0.4, 0.5) is 18.9 Å². The monoisotopic (exact) mass is 447 g/mol. The molecule has 0 saturated heterocycles. The Morgan fingerprint density at radius 2 is 1.75 bits per heavy atom. The zero-order chi connectivity index (χ0) is 23.3. The number of aliphatic imine (C=N–C) groups is 1. The Balaban J connectivity index is 1.91. The molecule has 2 atom stereocenters. The summed E-state index contributed by atoms with van der Waals surface area (Å²) in [7, 11) is 0. The molecule has 7 nitrogen and oxygen atoms in total. The van der Waals surface area contributed by atoms with E-state index in [-0.39, 0.29) is 0 Å². The molecule has 1 aliphatic rings. The molecule has 0 aromatic heterocycles. The van der Waals surface area contributed by atoms with Crippen LogP contribution in [0.5, 0.6) is 0 Å². The molecule has 0 fully saturated rings. The van der Waals surface area contributed by atoms with Gasteiger partial charge in [0.15, 0.2) is 0 Å². The molecule has 32 heavy (non-hydrogen) atoms. The lowest BCUT2D eigenvalue weighted by Gasteiger charge is -2.19. The lowest BCUT2D eigenvalue weighted by molar-refractivity contribution is -0.148. The van der Waals surface area contributed by atoms with E-state index in [1.807, 2.05) is 0 Å². The summed E-state index contributed by atoms with van der Waals surface area (Å²) in [5.74, 6) is -4.57. The topological polar surface area (TPSA) is 108 Å². The number of anilines is 1. The van der Waals surface area contributed by atoms with Crippen LogP contribution in [-0.4, -0.2) is 40.9 Å². The Bertz CT molecular complexity index is 1040. The number of fused-ring (bicyclic) bond motifs is 1. The maximum Gasteiger partial charge on any atom is 0.389 e. The van der Waals surface area contributed by atoms with Gasteiger partial charge < -0.3 is 15.7 Å². The lowest BCUT2D eigenvalue weighted by atomic mass is 9.98. The molecule has 168 valence electrons. The van der Waals surface area contributed by atoms with Crippen LogP contribution in [0.15, 0.2) is 59.6 Å².